The topological polar surface area (TPSA) is 43.9 Å². The van der Waals surface area contributed by atoms with Crippen LogP contribution in [0.5, 0.6) is 0 Å². The smallest absolute Gasteiger partial charge is 0.123 e. The van der Waals surface area contributed by atoms with Crippen molar-refractivity contribution in [1.82, 2.24) is 14.5 Å². The molecule has 7 aromatic carbocycles. The number of imidazole rings is 1. The summed E-state index contributed by atoms with van der Waals surface area (Å²) in [6, 6.07) is 65.8. The van der Waals surface area contributed by atoms with Gasteiger partial charge < -0.3 is 14.0 Å². The Balaban J connectivity index is 0.000000313. The standard InChI is InChI=1S/C51H47N2O.C12H10N.Ir/c1-33(2)42-28-40(36-18-10-6-11-19-36)29-43(34(3)4)50(42)53-47-23-15-14-22-46(47)52-51(53)41-30-44(38-26-24-37(25-27-38)35-16-8-5-9-17-35)45-32-48(54-49(45)31-41)39-20-12-7-13-21-39;1-10-7-8-12(13-9-10)11-5-3-2-4-6-11;/h6-7,10-15,18-30,32-35H,5,8-9,16-17H2,1-4H3;2-5,7-9H,1H3;/q2*-1;/i;1D3;. The predicted octanol–water partition coefficient (Wildman–Crippen LogP) is 17.4. The van der Waals surface area contributed by atoms with E-state index >= 15 is 0 Å². The summed E-state index contributed by atoms with van der Waals surface area (Å²) in [5.41, 5.74) is 16.6. The number of benzene rings is 7. The van der Waals surface area contributed by atoms with Crippen molar-refractivity contribution in [1.29, 1.82) is 0 Å². The Morgan fingerprint density at radius 1 is 0.647 bits per heavy atom. The summed E-state index contributed by atoms with van der Waals surface area (Å²) < 4.78 is 30.8. The van der Waals surface area contributed by atoms with Crippen LogP contribution < -0.4 is 0 Å². The molecular weight excluding hydrogens is 1010 g/mol. The molecule has 1 saturated carbocycles. The van der Waals surface area contributed by atoms with E-state index in [4.69, 9.17) is 13.5 Å². The molecule has 1 radical (unpaired) electrons. The van der Waals surface area contributed by atoms with Crippen LogP contribution in [0, 0.1) is 19.0 Å². The number of hydrogen-bond donors (Lipinski definition) is 0. The molecule has 0 saturated heterocycles. The van der Waals surface area contributed by atoms with Gasteiger partial charge in [-0.15, -0.1) is 47.5 Å². The number of hydrogen-bond acceptors (Lipinski definition) is 3. The molecule has 0 unspecified atom stereocenters. The quantitative estimate of drug-likeness (QED) is 0.135. The van der Waals surface area contributed by atoms with Gasteiger partial charge in [-0.2, -0.15) is 0 Å². The maximum absolute atomic E-state index is 7.23. The minimum atomic E-state index is -2.09. The Kier molecular flexibility index (Phi) is 13.0. The SMILES string of the molecule is CC(C)c1cc(-c2ccccc2)cc(C(C)C)c1-n1c(-c2[c-]c3oc(-c4ccccc4)cc3c(-c3ccc(C4CCCCC4)cc3)c2)nc2ccccc21.[2H]C([2H])([2H])c1ccc(-c2[c-]cccc2)nc1.[Ir]. The first-order chi connectivity index (χ1) is 34.0. The van der Waals surface area contributed by atoms with Crippen LogP contribution in [-0.2, 0) is 20.1 Å². The van der Waals surface area contributed by atoms with Crippen molar-refractivity contribution in [3.8, 4) is 61.9 Å². The minimum Gasteiger partial charge on any atom is -0.477 e. The second-order valence-corrected chi connectivity index (χ2v) is 18.4. The van der Waals surface area contributed by atoms with E-state index in [-0.39, 0.29) is 37.5 Å². The van der Waals surface area contributed by atoms with Crippen molar-refractivity contribution >= 4 is 22.0 Å². The number of fused-ring (bicyclic) bond motifs is 2. The second kappa shape index (κ2) is 20.7. The van der Waals surface area contributed by atoms with Crippen molar-refractivity contribution < 1.29 is 28.6 Å². The molecule has 0 N–H and O–H groups in total. The maximum Gasteiger partial charge on any atom is 0.123 e. The molecule has 11 rings (SSSR count). The molecule has 68 heavy (non-hydrogen) atoms. The third-order valence-electron chi connectivity index (χ3n) is 13.2. The molecule has 0 amide bonds. The normalized spacial score (nSPS) is 13.7. The van der Waals surface area contributed by atoms with Gasteiger partial charge in [0.15, 0.2) is 0 Å². The van der Waals surface area contributed by atoms with Crippen molar-refractivity contribution in [2.24, 2.45) is 0 Å². The number of furan rings is 1. The third kappa shape index (κ3) is 9.70. The van der Waals surface area contributed by atoms with E-state index in [1.807, 2.05) is 24.3 Å². The van der Waals surface area contributed by atoms with Gasteiger partial charge in [0.1, 0.15) is 5.76 Å². The van der Waals surface area contributed by atoms with E-state index in [1.165, 1.54) is 77.4 Å². The van der Waals surface area contributed by atoms with Crippen LogP contribution in [-0.4, -0.2) is 14.5 Å². The molecule has 3 heterocycles. The van der Waals surface area contributed by atoms with Crippen LogP contribution in [0.15, 0.2) is 180 Å². The molecule has 5 heteroatoms. The number of pyridine rings is 1. The van der Waals surface area contributed by atoms with Gasteiger partial charge in [-0.1, -0.05) is 173 Å². The summed E-state index contributed by atoms with van der Waals surface area (Å²) >= 11 is 0. The zero-order valence-electron chi connectivity index (χ0n) is 42.1. The Bertz CT molecular complexity index is 3340. The average molecular weight is 1070 g/mol. The number of para-hydroxylation sites is 2. The van der Waals surface area contributed by atoms with Gasteiger partial charge in [0.2, 0.25) is 0 Å². The summed E-state index contributed by atoms with van der Waals surface area (Å²) in [7, 11) is 0. The first-order valence-corrected chi connectivity index (χ1v) is 23.8. The van der Waals surface area contributed by atoms with Crippen LogP contribution in [0.1, 0.15) is 104 Å². The van der Waals surface area contributed by atoms with Gasteiger partial charge in [-0.25, -0.2) is 0 Å². The monoisotopic (exact) mass is 1070 g/mol. The number of aromatic nitrogens is 3. The second-order valence-electron chi connectivity index (χ2n) is 18.4. The molecule has 341 valence electrons. The van der Waals surface area contributed by atoms with E-state index in [9.17, 15) is 0 Å². The number of rotatable bonds is 9. The molecular formula is C63H57IrN3O-2. The van der Waals surface area contributed by atoms with Gasteiger partial charge >= 0.3 is 0 Å². The average Bonchev–Trinajstić information content (AvgIpc) is 4.02. The molecule has 1 fully saturated rings. The summed E-state index contributed by atoms with van der Waals surface area (Å²) in [6.45, 7) is 7.12. The van der Waals surface area contributed by atoms with Gasteiger partial charge in [0.25, 0.3) is 0 Å². The molecule has 10 aromatic rings. The van der Waals surface area contributed by atoms with Crippen LogP contribution in [0.25, 0.3) is 83.9 Å². The largest absolute Gasteiger partial charge is 0.477 e. The molecule has 0 spiro atoms. The molecule has 4 nitrogen and oxygen atoms in total. The fourth-order valence-electron chi connectivity index (χ4n) is 9.69. The van der Waals surface area contributed by atoms with Gasteiger partial charge in [-0.3, -0.25) is 4.98 Å². The zero-order valence-corrected chi connectivity index (χ0v) is 41.5. The predicted molar refractivity (Wildman–Crippen MR) is 279 cm³/mol. The van der Waals surface area contributed by atoms with E-state index in [0.717, 1.165) is 61.5 Å². The molecule has 3 aromatic heterocycles. The minimum absolute atomic E-state index is 0. The van der Waals surface area contributed by atoms with Crippen LogP contribution in [0.3, 0.4) is 0 Å². The van der Waals surface area contributed by atoms with E-state index < -0.39 is 6.85 Å². The van der Waals surface area contributed by atoms with Gasteiger partial charge in [-0.05, 0) is 112 Å². The third-order valence-corrected chi connectivity index (χ3v) is 13.2. The summed E-state index contributed by atoms with van der Waals surface area (Å²) in [4.78, 5) is 9.54. The van der Waals surface area contributed by atoms with Gasteiger partial charge in [0, 0.05) is 41.7 Å². The van der Waals surface area contributed by atoms with Gasteiger partial charge in [0.05, 0.1) is 22.4 Å². The number of nitrogens with zero attached hydrogens (tertiary/aromatic N) is 3. The molecule has 0 bridgehead atoms. The van der Waals surface area contributed by atoms with E-state index in [1.54, 1.807) is 18.2 Å². The molecule has 0 atom stereocenters. The fraction of sp³-hybridized carbons (Fsp3) is 0.206. The Hall–Kier alpha value is -6.65. The molecule has 1 aliphatic carbocycles. The summed E-state index contributed by atoms with van der Waals surface area (Å²) in [5.74, 6) is 2.92. The van der Waals surface area contributed by atoms with Crippen molar-refractivity contribution in [2.75, 3.05) is 0 Å². The molecule has 1 aliphatic rings. The zero-order chi connectivity index (χ0) is 48.4. The van der Waals surface area contributed by atoms with Crippen molar-refractivity contribution in [3.63, 3.8) is 0 Å². The van der Waals surface area contributed by atoms with E-state index in [2.05, 4.69) is 177 Å². The Morgan fingerprint density at radius 2 is 1.32 bits per heavy atom. The summed E-state index contributed by atoms with van der Waals surface area (Å²) in [5, 5.41) is 1.06. The fourth-order valence-corrected chi connectivity index (χ4v) is 9.69. The first-order valence-electron chi connectivity index (χ1n) is 25.3. The summed E-state index contributed by atoms with van der Waals surface area (Å²) in [6.07, 6.45) is 7.98. The Labute approximate surface area is 419 Å². The maximum atomic E-state index is 7.23. The number of aryl methyl sites for hydroxylation is 1. The molecule has 0 aliphatic heterocycles. The van der Waals surface area contributed by atoms with Crippen LogP contribution in [0.2, 0.25) is 0 Å². The van der Waals surface area contributed by atoms with Crippen LogP contribution in [0.4, 0.5) is 0 Å². The van der Waals surface area contributed by atoms with Crippen molar-refractivity contribution in [3.05, 3.63) is 210 Å². The van der Waals surface area contributed by atoms with Crippen molar-refractivity contribution in [2.45, 2.75) is 84.4 Å². The first kappa shape index (κ1) is 42.7. The van der Waals surface area contributed by atoms with E-state index in [0.29, 0.717) is 5.92 Å². The Morgan fingerprint density at radius 3 is 1.97 bits per heavy atom. The van der Waals surface area contributed by atoms with Crippen LogP contribution >= 0.6 is 0 Å².